The van der Waals surface area contributed by atoms with E-state index in [0.717, 1.165) is 34.1 Å². The number of aryl methyl sites for hydroxylation is 1. The number of amides is 2. The molecule has 0 radical (unpaired) electrons. The second-order valence-electron chi connectivity index (χ2n) is 9.82. The van der Waals surface area contributed by atoms with E-state index in [1.807, 2.05) is 36.6 Å². The smallest absolute Gasteiger partial charge is 0.338 e. The number of hydrogen-bond donors (Lipinski definition) is 0. The summed E-state index contributed by atoms with van der Waals surface area (Å²) in [5.41, 5.74) is 4.00. The van der Waals surface area contributed by atoms with Crippen molar-refractivity contribution in [1.82, 2.24) is 9.58 Å². The molecule has 1 aliphatic heterocycles. The summed E-state index contributed by atoms with van der Waals surface area (Å²) in [5, 5.41) is 5.50. The highest BCUT2D eigenvalue weighted by Gasteiger charge is 2.67. The van der Waals surface area contributed by atoms with Gasteiger partial charge in [-0.25, -0.2) is 4.79 Å². The van der Waals surface area contributed by atoms with Gasteiger partial charge in [0.25, 0.3) is 11.8 Å². The molecule has 6 atom stereocenters. The van der Waals surface area contributed by atoms with Crippen LogP contribution in [0.15, 0.2) is 47.6 Å². The summed E-state index contributed by atoms with van der Waals surface area (Å²) in [5.74, 6) is 0.341. The van der Waals surface area contributed by atoms with Crippen LogP contribution in [0.1, 0.15) is 40.7 Å². The summed E-state index contributed by atoms with van der Waals surface area (Å²) in [7, 11) is 0. The van der Waals surface area contributed by atoms with E-state index in [2.05, 4.69) is 17.3 Å². The highest BCUT2D eigenvalue weighted by molar-refractivity contribution is 6.06. The van der Waals surface area contributed by atoms with Crippen molar-refractivity contribution in [1.29, 1.82) is 0 Å². The second-order valence-corrected chi connectivity index (χ2v) is 9.82. The summed E-state index contributed by atoms with van der Waals surface area (Å²) in [6.45, 7) is 6.02. The van der Waals surface area contributed by atoms with E-state index in [-0.39, 0.29) is 41.5 Å². The summed E-state index contributed by atoms with van der Waals surface area (Å²) >= 11 is 0. The lowest BCUT2D eigenvalue weighted by atomic mass is 9.63. The number of benzene rings is 1. The number of aromatic nitrogens is 1. The van der Waals surface area contributed by atoms with E-state index in [9.17, 15) is 14.4 Å². The maximum Gasteiger partial charge on any atom is 0.338 e. The molecule has 2 saturated carbocycles. The number of hydrogen-bond acceptors (Lipinski definition) is 5. The van der Waals surface area contributed by atoms with Gasteiger partial charge in [0.1, 0.15) is 0 Å². The average Bonchev–Trinajstić information content (AvgIpc) is 3.56. The Balaban J connectivity index is 1.27. The molecule has 34 heavy (non-hydrogen) atoms. The van der Waals surface area contributed by atoms with Gasteiger partial charge >= 0.3 is 5.97 Å². The lowest BCUT2D eigenvalue weighted by Gasteiger charge is -2.37. The Hall–Kier alpha value is -3.48. The van der Waals surface area contributed by atoms with Crippen LogP contribution in [0.4, 0.5) is 0 Å². The van der Waals surface area contributed by atoms with Crippen LogP contribution in [0.3, 0.4) is 0 Å². The predicted octanol–water partition coefficient (Wildman–Crippen LogP) is 3.66. The van der Waals surface area contributed by atoms with Crippen molar-refractivity contribution in [3.63, 3.8) is 0 Å². The Kier molecular flexibility index (Phi) is 4.66. The molecule has 4 aliphatic carbocycles. The molecule has 0 spiro atoms. The number of nitrogens with zero attached hydrogens (tertiary/aromatic N) is 3. The SMILES string of the molecule is CCOC(=O)c1cccc(-n2c(C)cc(/C=N\N3C(=O)[C@@H]4[C@H]5C=C[C@@H]([C@@H]6C[C@@H]56)[C@H]4C3=O)c2C)c1. The van der Waals surface area contributed by atoms with Gasteiger partial charge in [-0.2, -0.15) is 10.1 Å². The first kappa shape index (κ1) is 21.1. The number of rotatable bonds is 5. The third kappa shape index (κ3) is 2.95. The molecule has 2 aromatic rings. The highest BCUT2D eigenvalue weighted by atomic mass is 16.5. The van der Waals surface area contributed by atoms with E-state index < -0.39 is 0 Å². The van der Waals surface area contributed by atoms with Gasteiger partial charge in [-0.05, 0) is 75.1 Å². The Bertz CT molecular complexity index is 1250. The van der Waals surface area contributed by atoms with Gasteiger partial charge in [0, 0.05) is 22.6 Å². The first-order valence-corrected chi connectivity index (χ1v) is 12.0. The lowest BCUT2D eigenvalue weighted by molar-refractivity contribution is -0.140. The summed E-state index contributed by atoms with van der Waals surface area (Å²) < 4.78 is 7.15. The van der Waals surface area contributed by atoms with Crippen molar-refractivity contribution in [2.45, 2.75) is 27.2 Å². The van der Waals surface area contributed by atoms with Crippen LogP contribution in [0.25, 0.3) is 5.69 Å². The van der Waals surface area contributed by atoms with E-state index in [4.69, 9.17) is 4.74 Å². The lowest BCUT2D eigenvalue weighted by Crippen LogP contribution is -2.40. The maximum absolute atomic E-state index is 13.2. The van der Waals surface area contributed by atoms with E-state index >= 15 is 0 Å². The summed E-state index contributed by atoms with van der Waals surface area (Å²) in [6, 6.07) is 9.24. The molecule has 1 aromatic carbocycles. The fraction of sp³-hybridized carbons (Fsp3) is 0.407. The molecule has 174 valence electrons. The minimum absolute atomic E-state index is 0.160. The molecule has 2 amide bonds. The number of imide groups is 1. The number of esters is 1. The zero-order valence-corrected chi connectivity index (χ0v) is 19.5. The first-order valence-electron chi connectivity index (χ1n) is 12.0. The van der Waals surface area contributed by atoms with Crippen LogP contribution < -0.4 is 0 Å². The standard InChI is InChI=1S/C27H27N3O4/c1-4-34-27(33)16-6-5-7-18(11-16)29-14(2)10-17(15(29)3)13-28-30-25(31)23-19-8-9-20(22-12-21(19)22)24(23)26(30)32/h5-11,13,19-24H,4,12H2,1-3H3/b28-13-/t19-,20-,21-,22-,23+,24+/m0/s1. The third-order valence-corrected chi connectivity index (χ3v) is 8.04. The number of allylic oxidation sites excluding steroid dienone is 2. The molecular formula is C27H27N3O4. The van der Waals surface area contributed by atoms with Gasteiger partial charge in [0.05, 0.1) is 30.2 Å². The van der Waals surface area contributed by atoms with Gasteiger partial charge in [-0.1, -0.05) is 18.2 Å². The van der Waals surface area contributed by atoms with Gasteiger partial charge in [0.15, 0.2) is 0 Å². The zero-order chi connectivity index (χ0) is 23.7. The quantitative estimate of drug-likeness (QED) is 0.297. The molecule has 7 heteroatoms. The first-order chi connectivity index (χ1) is 16.4. The van der Waals surface area contributed by atoms with Crippen LogP contribution in [0, 0.1) is 49.4 Å². The van der Waals surface area contributed by atoms with Crippen molar-refractivity contribution in [3.05, 3.63) is 65.0 Å². The number of hydrazone groups is 1. The Morgan fingerprint density at radius 1 is 1.09 bits per heavy atom. The van der Waals surface area contributed by atoms with Crippen molar-refractivity contribution in [2.24, 2.45) is 40.6 Å². The monoisotopic (exact) mass is 457 g/mol. The van der Waals surface area contributed by atoms with E-state index in [1.54, 1.807) is 25.3 Å². The van der Waals surface area contributed by atoms with Crippen molar-refractivity contribution in [2.75, 3.05) is 6.61 Å². The largest absolute Gasteiger partial charge is 0.462 e. The van der Waals surface area contributed by atoms with Crippen LogP contribution in [-0.4, -0.2) is 40.2 Å². The van der Waals surface area contributed by atoms with Gasteiger partial charge < -0.3 is 9.30 Å². The maximum atomic E-state index is 13.2. The number of carbonyl (C=O) groups excluding carboxylic acids is 3. The van der Waals surface area contributed by atoms with Crippen LogP contribution >= 0.6 is 0 Å². The zero-order valence-electron chi connectivity index (χ0n) is 19.5. The summed E-state index contributed by atoms with van der Waals surface area (Å²) in [4.78, 5) is 38.5. The van der Waals surface area contributed by atoms with Gasteiger partial charge in [0.2, 0.25) is 0 Å². The number of carbonyl (C=O) groups is 3. The van der Waals surface area contributed by atoms with E-state index in [1.165, 1.54) is 0 Å². The molecule has 1 saturated heterocycles. The molecule has 3 fully saturated rings. The fourth-order valence-corrected chi connectivity index (χ4v) is 6.48. The fourth-order valence-electron chi connectivity index (χ4n) is 6.48. The van der Waals surface area contributed by atoms with Crippen molar-refractivity contribution < 1.29 is 19.1 Å². The molecular weight excluding hydrogens is 430 g/mol. The summed E-state index contributed by atoms with van der Waals surface area (Å²) in [6.07, 6.45) is 7.08. The van der Waals surface area contributed by atoms with Crippen molar-refractivity contribution in [3.8, 4) is 5.69 Å². The molecule has 7 rings (SSSR count). The number of ether oxygens (including phenoxy) is 1. The van der Waals surface area contributed by atoms with Crippen LogP contribution in [0.5, 0.6) is 0 Å². The Morgan fingerprint density at radius 3 is 2.41 bits per heavy atom. The van der Waals surface area contributed by atoms with Crippen LogP contribution in [-0.2, 0) is 14.3 Å². The van der Waals surface area contributed by atoms with Gasteiger partial charge in [-0.3, -0.25) is 9.59 Å². The minimum Gasteiger partial charge on any atom is -0.462 e. The highest BCUT2D eigenvalue weighted by Crippen LogP contribution is 2.65. The molecule has 0 N–H and O–H groups in total. The third-order valence-electron chi connectivity index (χ3n) is 8.04. The van der Waals surface area contributed by atoms with Crippen LogP contribution in [0.2, 0.25) is 0 Å². The average molecular weight is 458 g/mol. The molecule has 7 nitrogen and oxygen atoms in total. The molecule has 1 aromatic heterocycles. The Morgan fingerprint density at radius 2 is 1.76 bits per heavy atom. The van der Waals surface area contributed by atoms with Gasteiger partial charge in [-0.15, -0.1) is 0 Å². The second kappa shape index (κ2) is 7.52. The van der Waals surface area contributed by atoms with E-state index in [0.29, 0.717) is 24.0 Å². The molecule has 2 heterocycles. The van der Waals surface area contributed by atoms with Crippen molar-refractivity contribution >= 4 is 24.0 Å². The molecule has 0 unspecified atom stereocenters. The Labute approximate surface area is 198 Å². The molecule has 2 bridgehead atoms. The predicted molar refractivity (Wildman–Crippen MR) is 125 cm³/mol. The molecule has 5 aliphatic rings. The topological polar surface area (TPSA) is 81.0 Å². The minimum atomic E-state index is -0.359. The normalized spacial score (nSPS) is 30.7.